The lowest BCUT2D eigenvalue weighted by molar-refractivity contribution is 0.600. The van der Waals surface area contributed by atoms with Crippen LogP contribution >= 0.6 is 45.8 Å². The summed E-state index contributed by atoms with van der Waals surface area (Å²) < 4.78 is 27.4. The maximum atomic E-state index is 12.1. The number of sulfonamides is 1. The molecule has 2 aromatic rings. The minimum atomic E-state index is -3.79. The lowest BCUT2D eigenvalue weighted by Gasteiger charge is -2.09. The fourth-order valence-electron chi connectivity index (χ4n) is 1.22. The molecule has 0 bridgehead atoms. The first-order valence-electron chi connectivity index (χ1n) is 4.84. The molecular weight excluding hydrogens is 424 g/mol. The van der Waals surface area contributed by atoms with Gasteiger partial charge in [0.15, 0.2) is 0 Å². The summed E-state index contributed by atoms with van der Waals surface area (Å²) in [6.45, 7) is 0. The van der Waals surface area contributed by atoms with Crippen LogP contribution in [0.1, 0.15) is 0 Å². The van der Waals surface area contributed by atoms with Crippen LogP contribution in [-0.2, 0) is 10.0 Å². The maximum absolute atomic E-state index is 12.1. The molecule has 0 saturated heterocycles. The van der Waals surface area contributed by atoms with E-state index in [4.69, 9.17) is 23.2 Å². The van der Waals surface area contributed by atoms with E-state index >= 15 is 0 Å². The van der Waals surface area contributed by atoms with Gasteiger partial charge in [0.2, 0.25) is 5.28 Å². The fraction of sp³-hybridized carbons (Fsp3) is 0. The van der Waals surface area contributed by atoms with Crippen molar-refractivity contribution in [2.24, 2.45) is 0 Å². The number of hydrogen-bond donors (Lipinski definition) is 1. The molecule has 0 spiro atoms. The zero-order valence-corrected chi connectivity index (χ0v) is 13.6. The zero-order chi connectivity index (χ0) is 14.0. The molecule has 0 aliphatic carbocycles. The molecule has 0 aliphatic heterocycles. The van der Waals surface area contributed by atoms with Gasteiger partial charge in [0.25, 0.3) is 10.0 Å². The Hall–Kier alpha value is -0.640. The van der Waals surface area contributed by atoms with E-state index in [-0.39, 0.29) is 15.9 Å². The van der Waals surface area contributed by atoms with Crippen LogP contribution in [0.4, 0.5) is 5.69 Å². The number of nitrogens with zero attached hydrogens (tertiary/aromatic N) is 2. The number of anilines is 1. The second kappa shape index (κ2) is 5.78. The van der Waals surface area contributed by atoms with Gasteiger partial charge in [-0.3, -0.25) is 4.72 Å². The predicted molar refractivity (Wildman–Crippen MR) is 82.0 cm³/mol. The first-order valence-corrected chi connectivity index (χ1v) is 8.16. The molecule has 0 aliphatic rings. The van der Waals surface area contributed by atoms with Crippen molar-refractivity contribution >= 4 is 61.5 Å². The van der Waals surface area contributed by atoms with Crippen molar-refractivity contribution in [1.29, 1.82) is 0 Å². The van der Waals surface area contributed by atoms with Gasteiger partial charge in [-0.15, -0.1) is 0 Å². The predicted octanol–water partition coefficient (Wildman–Crippen LogP) is 3.19. The quantitative estimate of drug-likeness (QED) is 0.600. The highest BCUT2D eigenvalue weighted by atomic mass is 127. The van der Waals surface area contributed by atoms with Crippen LogP contribution in [0, 0.1) is 3.57 Å². The van der Waals surface area contributed by atoms with Gasteiger partial charge in [-0.1, -0.05) is 11.6 Å². The molecule has 0 radical (unpaired) electrons. The second-order valence-electron chi connectivity index (χ2n) is 3.42. The molecule has 0 amide bonds. The Morgan fingerprint density at radius 2 is 1.79 bits per heavy atom. The molecule has 0 fully saturated rings. The topological polar surface area (TPSA) is 72.0 Å². The summed E-state index contributed by atoms with van der Waals surface area (Å²) in [5.74, 6) is 0. The van der Waals surface area contributed by atoms with Gasteiger partial charge < -0.3 is 0 Å². The number of halogens is 3. The van der Waals surface area contributed by atoms with E-state index in [0.29, 0.717) is 5.02 Å². The zero-order valence-electron chi connectivity index (χ0n) is 9.14. The third-order valence-electron chi connectivity index (χ3n) is 2.08. The molecule has 9 heteroatoms. The van der Waals surface area contributed by atoms with E-state index in [9.17, 15) is 8.42 Å². The molecular formula is C10H6Cl2IN3O2S. The number of benzene rings is 1. The fourth-order valence-corrected chi connectivity index (χ4v) is 3.24. The standard InChI is InChI=1S/C10H6Cl2IN3O2S/c11-8-3-6(13)1-2-9(8)16-19(17,18)7-4-14-10(12)15-5-7/h1-5,16H. The Bertz CT molecular complexity index is 707. The van der Waals surface area contributed by atoms with Crippen LogP contribution in [0.15, 0.2) is 35.5 Å². The lowest BCUT2D eigenvalue weighted by atomic mass is 10.3. The number of aromatic nitrogens is 2. The normalized spacial score (nSPS) is 11.3. The van der Waals surface area contributed by atoms with Crippen molar-refractivity contribution in [2.75, 3.05) is 4.72 Å². The van der Waals surface area contributed by atoms with Gasteiger partial charge in [0, 0.05) is 3.57 Å². The Morgan fingerprint density at radius 1 is 1.16 bits per heavy atom. The van der Waals surface area contributed by atoms with E-state index in [1.807, 2.05) is 0 Å². The molecule has 1 aromatic carbocycles. The van der Waals surface area contributed by atoms with Crippen LogP contribution in [0.2, 0.25) is 10.3 Å². The molecule has 1 N–H and O–H groups in total. The second-order valence-corrected chi connectivity index (χ2v) is 7.09. The van der Waals surface area contributed by atoms with Gasteiger partial charge in [0.1, 0.15) is 4.90 Å². The first-order chi connectivity index (χ1) is 8.88. The smallest absolute Gasteiger partial charge is 0.265 e. The van der Waals surface area contributed by atoms with E-state index in [1.165, 1.54) is 0 Å². The van der Waals surface area contributed by atoms with Crippen molar-refractivity contribution in [3.63, 3.8) is 0 Å². The lowest BCUT2D eigenvalue weighted by Crippen LogP contribution is -2.14. The Kier molecular flexibility index (Phi) is 4.49. The largest absolute Gasteiger partial charge is 0.278 e. The number of rotatable bonds is 3. The third kappa shape index (κ3) is 3.68. The molecule has 0 unspecified atom stereocenters. The van der Waals surface area contributed by atoms with Gasteiger partial charge in [0.05, 0.1) is 23.1 Å². The summed E-state index contributed by atoms with van der Waals surface area (Å²) in [4.78, 5) is 7.16. The number of nitrogens with one attached hydrogen (secondary N) is 1. The molecule has 1 heterocycles. The van der Waals surface area contributed by atoms with E-state index in [0.717, 1.165) is 16.0 Å². The van der Waals surface area contributed by atoms with Crippen LogP contribution in [0.5, 0.6) is 0 Å². The summed E-state index contributed by atoms with van der Waals surface area (Å²) in [7, 11) is -3.79. The van der Waals surface area contributed by atoms with Crippen molar-refractivity contribution in [1.82, 2.24) is 9.97 Å². The first kappa shape index (κ1) is 14.8. The molecule has 2 rings (SSSR count). The SMILES string of the molecule is O=S(=O)(Nc1ccc(I)cc1Cl)c1cnc(Cl)nc1. The Labute approximate surface area is 133 Å². The summed E-state index contributed by atoms with van der Waals surface area (Å²) in [6, 6.07) is 4.97. The van der Waals surface area contributed by atoms with Crippen LogP contribution < -0.4 is 4.72 Å². The Balaban J connectivity index is 2.33. The Morgan fingerprint density at radius 3 is 2.37 bits per heavy atom. The monoisotopic (exact) mass is 429 g/mol. The van der Waals surface area contributed by atoms with Crippen molar-refractivity contribution in [3.8, 4) is 0 Å². The number of hydrogen-bond acceptors (Lipinski definition) is 4. The van der Waals surface area contributed by atoms with Crippen molar-refractivity contribution in [3.05, 3.63) is 44.5 Å². The minimum Gasteiger partial charge on any atom is -0.278 e. The van der Waals surface area contributed by atoms with Gasteiger partial charge in [-0.25, -0.2) is 18.4 Å². The third-order valence-corrected chi connectivity index (χ3v) is 4.58. The average molecular weight is 430 g/mol. The maximum Gasteiger partial charge on any atom is 0.265 e. The highest BCUT2D eigenvalue weighted by Gasteiger charge is 2.16. The summed E-state index contributed by atoms with van der Waals surface area (Å²) >= 11 is 13.5. The van der Waals surface area contributed by atoms with E-state index < -0.39 is 10.0 Å². The van der Waals surface area contributed by atoms with Crippen molar-refractivity contribution in [2.45, 2.75) is 4.90 Å². The summed E-state index contributed by atoms with van der Waals surface area (Å²) in [5.41, 5.74) is 0.289. The van der Waals surface area contributed by atoms with Crippen LogP contribution in [0.25, 0.3) is 0 Å². The molecule has 19 heavy (non-hydrogen) atoms. The van der Waals surface area contributed by atoms with Crippen LogP contribution in [0.3, 0.4) is 0 Å². The van der Waals surface area contributed by atoms with Gasteiger partial charge in [-0.2, -0.15) is 0 Å². The summed E-state index contributed by atoms with van der Waals surface area (Å²) in [5, 5.41) is 0.289. The van der Waals surface area contributed by atoms with Crippen LogP contribution in [-0.4, -0.2) is 18.4 Å². The molecule has 100 valence electrons. The molecule has 5 nitrogen and oxygen atoms in total. The molecule has 1 aromatic heterocycles. The highest BCUT2D eigenvalue weighted by Crippen LogP contribution is 2.26. The highest BCUT2D eigenvalue weighted by molar-refractivity contribution is 14.1. The van der Waals surface area contributed by atoms with E-state index in [1.54, 1.807) is 18.2 Å². The minimum absolute atomic E-state index is 0.0220. The van der Waals surface area contributed by atoms with Crippen molar-refractivity contribution < 1.29 is 8.42 Å². The molecule has 0 saturated carbocycles. The molecule has 0 atom stereocenters. The van der Waals surface area contributed by atoms with Gasteiger partial charge >= 0.3 is 0 Å². The summed E-state index contributed by atoms with van der Waals surface area (Å²) in [6.07, 6.45) is 2.25. The van der Waals surface area contributed by atoms with Gasteiger partial charge in [-0.05, 0) is 52.4 Å². The average Bonchev–Trinajstić information content (AvgIpc) is 2.33. The van der Waals surface area contributed by atoms with E-state index in [2.05, 4.69) is 37.3 Å².